The minimum atomic E-state index is -0.480. The van der Waals surface area contributed by atoms with E-state index >= 15 is 0 Å². The van der Waals surface area contributed by atoms with Crippen LogP contribution in [0.1, 0.15) is 5.56 Å². The molecule has 1 N–H and O–H groups in total. The molecule has 0 bridgehead atoms. The zero-order valence-electron chi connectivity index (χ0n) is 13.2. The number of nitriles is 1. The molecule has 0 radical (unpaired) electrons. The molecule has 0 saturated carbocycles. The van der Waals surface area contributed by atoms with E-state index in [1.807, 2.05) is 24.3 Å². The predicted molar refractivity (Wildman–Crippen MR) is 101 cm³/mol. The van der Waals surface area contributed by atoms with Crippen molar-refractivity contribution in [1.82, 2.24) is 0 Å². The first-order valence-electron chi connectivity index (χ1n) is 6.99. The van der Waals surface area contributed by atoms with E-state index in [4.69, 9.17) is 9.47 Å². The van der Waals surface area contributed by atoms with Crippen molar-refractivity contribution in [3.8, 4) is 17.6 Å². The van der Waals surface area contributed by atoms with Crippen molar-refractivity contribution in [1.29, 1.82) is 5.26 Å². The summed E-state index contributed by atoms with van der Waals surface area (Å²) in [6, 6.07) is 14.5. The Hall–Kier alpha value is -2.53. The molecule has 0 aliphatic heterocycles. The molecule has 0 aliphatic carbocycles. The second-order valence-electron chi connectivity index (χ2n) is 4.69. The molecule has 2 rings (SSSR count). The Bertz CT molecular complexity index is 825. The number of hydrogen-bond donors (Lipinski definition) is 1. The van der Waals surface area contributed by atoms with E-state index in [2.05, 4.69) is 27.9 Å². The van der Waals surface area contributed by atoms with Gasteiger partial charge in [0, 0.05) is 9.13 Å². The van der Waals surface area contributed by atoms with Crippen LogP contribution in [0.2, 0.25) is 0 Å². The Morgan fingerprint density at radius 3 is 2.54 bits per heavy atom. The Labute approximate surface area is 154 Å². The molecule has 0 aliphatic rings. The van der Waals surface area contributed by atoms with Crippen LogP contribution in [0.25, 0.3) is 6.08 Å². The molecule has 2 aromatic rings. The molecule has 0 unspecified atom stereocenters. The first-order chi connectivity index (χ1) is 11.6. The summed E-state index contributed by atoms with van der Waals surface area (Å²) < 4.78 is 11.4. The van der Waals surface area contributed by atoms with Gasteiger partial charge >= 0.3 is 0 Å². The number of methoxy groups -OCH3 is 2. The van der Waals surface area contributed by atoms with E-state index in [-0.39, 0.29) is 5.57 Å². The Balaban J connectivity index is 2.35. The minimum absolute atomic E-state index is 0.0267. The topological polar surface area (TPSA) is 71.3 Å². The lowest BCUT2D eigenvalue weighted by Crippen LogP contribution is -2.14. The van der Waals surface area contributed by atoms with Crippen molar-refractivity contribution in [3.63, 3.8) is 0 Å². The molecule has 0 saturated heterocycles. The lowest BCUT2D eigenvalue weighted by atomic mass is 10.1. The van der Waals surface area contributed by atoms with Crippen LogP contribution < -0.4 is 14.8 Å². The van der Waals surface area contributed by atoms with Crippen LogP contribution in [0, 0.1) is 14.9 Å². The van der Waals surface area contributed by atoms with Crippen molar-refractivity contribution >= 4 is 40.3 Å². The van der Waals surface area contributed by atoms with E-state index in [0.717, 1.165) is 3.57 Å². The number of carbonyl (C=O) groups is 1. The van der Waals surface area contributed by atoms with Crippen molar-refractivity contribution < 1.29 is 14.3 Å². The summed E-state index contributed by atoms with van der Waals surface area (Å²) >= 11 is 2.12. The van der Waals surface area contributed by atoms with Gasteiger partial charge in [0.1, 0.15) is 11.6 Å². The summed E-state index contributed by atoms with van der Waals surface area (Å²) in [5.74, 6) is 0.517. The molecular formula is C18H15IN2O3. The fourth-order valence-electron chi connectivity index (χ4n) is 2.08. The second-order valence-corrected chi connectivity index (χ2v) is 5.85. The summed E-state index contributed by atoms with van der Waals surface area (Å²) in [7, 11) is 3.04. The monoisotopic (exact) mass is 434 g/mol. The third-order valence-corrected chi connectivity index (χ3v) is 4.16. The molecule has 0 spiro atoms. The van der Waals surface area contributed by atoms with Gasteiger partial charge < -0.3 is 14.8 Å². The smallest absolute Gasteiger partial charge is 0.266 e. The molecule has 1 amide bonds. The molecule has 5 nitrogen and oxygen atoms in total. The van der Waals surface area contributed by atoms with Gasteiger partial charge in [0.2, 0.25) is 0 Å². The van der Waals surface area contributed by atoms with Gasteiger partial charge in [-0.15, -0.1) is 0 Å². The maximum absolute atomic E-state index is 12.4. The summed E-state index contributed by atoms with van der Waals surface area (Å²) in [5.41, 5.74) is 1.22. The summed E-state index contributed by atoms with van der Waals surface area (Å²) in [5, 5.41) is 12.1. The van der Waals surface area contributed by atoms with Gasteiger partial charge in [0.05, 0.1) is 19.9 Å². The average Bonchev–Trinajstić information content (AvgIpc) is 2.60. The number of para-hydroxylation sites is 2. The number of nitrogens with zero attached hydrogens (tertiary/aromatic N) is 1. The lowest BCUT2D eigenvalue weighted by molar-refractivity contribution is -0.112. The largest absolute Gasteiger partial charge is 0.493 e. The molecule has 0 atom stereocenters. The standard InChI is InChI=1S/C18H15IN2O3/c1-23-16-9-5-6-12(17(16)24-2)10-13(11-20)18(22)21-15-8-4-3-7-14(15)19/h3-10H,1-2H3,(H,21,22)/b13-10-. The van der Waals surface area contributed by atoms with Gasteiger partial charge in [0.25, 0.3) is 5.91 Å². The van der Waals surface area contributed by atoms with Gasteiger partial charge in [-0.25, -0.2) is 0 Å². The molecular weight excluding hydrogens is 419 g/mol. The van der Waals surface area contributed by atoms with E-state index in [0.29, 0.717) is 22.7 Å². The molecule has 6 heteroatoms. The van der Waals surface area contributed by atoms with Crippen LogP contribution >= 0.6 is 22.6 Å². The summed E-state index contributed by atoms with van der Waals surface area (Å²) in [6.45, 7) is 0. The number of nitrogens with one attached hydrogen (secondary N) is 1. The van der Waals surface area contributed by atoms with Gasteiger partial charge in [-0.2, -0.15) is 5.26 Å². The molecule has 2 aromatic carbocycles. The third kappa shape index (κ3) is 4.06. The average molecular weight is 434 g/mol. The number of ether oxygens (including phenoxy) is 2. The Morgan fingerprint density at radius 1 is 1.17 bits per heavy atom. The van der Waals surface area contributed by atoms with Gasteiger partial charge in [-0.3, -0.25) is 4.79 Å². The van der Waals surface area contributed by atoms with E-state index in [9.17, 15) is 10.1 Å². The van der Waals surface area contributed by atoms with E-state index in [1.165, 1.54) is 20.3 Å². The van der Waals surface area contributed by atoms with E-state index in [1.54, 1.807) is 24.3 Å². The highest BCUT2D eigenvalue weighted by molar-refractivity contribution is 14.1. The number of amides is 1. The van der Waals surface area contributed by atoms with Gasteiger partial charge in [0.15, 0.2) is 11.5 Å². The molecule has 0 fully saturated rings. The van der Waals surface area contributed by atoms with E-state index < -0.39 is 5.91 Å². The molecule has 24 heavy (non-hydrogen) atoms. The zero-order chi connectivity index (χ0) is 17.5. The first-order valence-corrected chi connectivity index (χ1v) is 8.07. The fourth-order valence-corrected chi connectivity index (χ4v) is 2.60. The zero-order valence-corrected chi connectivity index (χ0v) is 15.3. The van der Waals surface area contributed by atoms with Crippen LogP contribution in [0.4, 0.5) is 5.69 Å². The molecule has 0 aromatic heterocycles. The number of halogens is 1. The fraction of sp³-hybridized carbons (Fsp3) is 0.111. The lowest BCUT2D eigenvalue weighted by Gasteiger charge is -2.11. The van der Waals surface area contributed by atoms with Crippen LogP contribution in [0.5, 0.6) is 11.5 Å². The SMILES string of the molecule is COc1cccc(/C=C(/C#N)C(=O)Nc2ccccc2I)c1OC. The Morgan fingerprint density at radius 2 is 1.92 bits per heavy atom. The highest BCUT2D eigenvalue weighted by atomic mass is 127. The Kier molecular flexibility index (Phi) is 6.21. The van der Waals surface area contributed by atoms with Gasteiger partial charge in [-0.1, -0.05) is 24.3 Å². The normalized spacial score (nSPS) is 10.7. The van der Waals surface area contributed by atoms with Crippen LogP contribution in [-0.4, -0.2) is 20.1 Å². The highest BCUT2D eigenvalue weighted by Gasteiger charge is 2.14. The number of carbonyl (C=O) groups excluding carboxylic acids is 1. The van der Waals surface area contributed by atoms with Crippen LogP contribution in [0.3, 0.4) is 0 Å². The predicted octanol–water partition coefficient (Wildman–Crippen LogP) is 3.85. The number of rotatable bonds is 5. The first kappa shape index (κ1) is 17.8. The number of hydrogen-bond acceptors (Lipinski definition) is 4. The van der Waals surface area contributed by atoms with Crippen molar-refractivity contribution in [3.05, 3.63) is 57.2 Å². The van der Waals surface area contributed by atoms with Crippen molar-refractivity contribution in [2.75, 3.05) is 19.5 Å². The van der Waals surface area contributed by atoms with Gasteiger partial charge in [-0.05, 0) is 46.9 Å². The number of benzene rings is 2. The van der Waals surface area contributed by atoms with Crippen LogP contribution in [-0.2, 0) is 4.79 Å². The summed E-state index contributed by atoms with van der Waals surface area (Å²) in [4.78, 5) is 12.4. The molecule has 0 heterocycles. The maximum Gasteiger partial charge on any atom is 0.266 e. The van der Waals surface area contributed by atoms with Crippen LogP contribution in [0.15, 0.2) is 48.0 Å². The highest BCUT2D eigenvalue weighted by Crippen LogP contribution is 2.32. The minimum Gasteiger partial charge on any atom is -0.493 e. The maximum atomic E-state index is 12.4. The quantitative estimate of drug-likeness (QED) is 0.441. The summed E-state index contributed by atoms with van der Waals surface area (Å²) in [6.07, 6.45) is 1.48. The van der Waals surface area contributed by atoms with Crippen molar-refractivity contribution in [2.24, 2.45) is 0 Å². The van der Waals surface area contributed by atoms with Crippen molar-refractivity contribution in [2.45, 2.75) is 0 Å². The molecule has 122 valence electrons. The third-order valence-electron chi connectivity index (χ3n) is 3.22. The second kappa shape index (κ2) is 8.36. The number of anilines is 1.